The normalized spacial score (nSPS) is 19.1. The molecule has 4 rings (SSSR count). The summed E-state index contributed by atoms with van der Waals surface area (Å²) in [5.74, 6) is 1.68. The van der Waals surface area contributed by atoms with Crippen molar-refractivity contribution in [3.05, 3.63) is 46.5 Å². The van der Waals surface area contributed by atoms with Crippen molar-refractivity contribution in [2.24, 2.45) is 5.73 Å². The summed E-state index contributed by atoms with van der Waals surface area (Å²) in [5, 5.41) is 20.5. The van der Waals surface area contributed by atoms with Crippen LogP contribution in [0, 0.1) is 22.7 Å². The Morgan fingerprint density at radius 2 is 1.77 bits per heavy atom. The number of thioether (sulfide) groups is 1. The lowest BCUT2D eigenvalue weighted by Crippen LogP contribution is -2.40. The molecular formula is C25H32N6O2S2. The van der Waals surface area contributed by atoms with Crippen LogP contribution < -0.4 is 14.9 Å². The Bertz CT molecular complexity index is 1130. The van der Waals surface area contributed by atoms with Gasteiger partial charge >= 0.3 is 0 Å². The minimum Gasteiger partial charge on any atom is -0.355 e. The quantitative estimate of drug-likeness (QED) is 0.463. The molecule has 0 atom stereocenters. The average Bonchev–Trinajstić information content (AvgIpc) is 2.87. The molecule has 2 saturated heterocycles. The van der Waals surface area contributed by atoms with E-state index in [4.69, 9.17) is 10.7 Å². The van der Waals surface area contributed by atoms with Crippen LogP contribution in [0.25, 0.3) is 0 Å². The standard InChI is InChI=1S/C25H32N6O2S2/c1-2-21-22(15-26)24(30-12-9-19(28)10-13-30)29-25(23(21)16-27)34-17-18-5-7-20(8-6-18)31-11-3-4-14-35(31,32)33/h5-8,19,32-33H,2-4,9-14,17,28H2,1H3. The van der Waals surface area contributed by atoms with Gasteiger partial charge in [-0.3, -0.25) is 13.4 Å². The molecule has 0 spiro atoms. The third-order valence-electron chi connectivity index (χ3n) is 6.65. The van der Waals surface area contributed by atoms with Crippen molar-refractivity contribution in [1.29, 1.82) is 10.5 Å². The van der Waals surface area contributed by atoms with E-state index in [-0.39, 0.29) is 6.04 Å². The lowest BCUT2D eigenvalue weighted by atomic mass is 10.00. The number of aromatic nitrogens is 1. The molecule has 1 aromatic heterocycles. The van der Waals surface area contributed by atoms with E-state index in [0.717, 1.165) is 55.6 Å². The van der Waals surface area contributed by atoms with E-state index >= 15 is 0 Å². The summed E-state index contributed by atoms with van der Waals surface area (Å²) < 4.78 is 22.5. The average molecular weight is 513 g/mol. The fraction of sp³-hybridized carbons (Fsp3) is 0.480. The van der Waals surface area contributed by atoms with Crippen molar-refractivity contribution in [1.82, 2.24) is 4.98 Å². The van der Waals surface area contributed by atoms with Gasteiger partial charge in [0, 0.05) is 31.4 Å². The van der Waals surface area contributed by atoms with Crippen molar-refractivity contribution in [3.63, 3.8) is 0 Å². The van der Waals surface area contributed by atoms with Crippen LogP contribution >= 0.6 is 22.5 Å². The van der Waals surface area contributed by atoms with Gasteiger partial charge < -0.3 is 10.6 Å². The number of benzene rings is 1. The molecule has 0 unspecified atom stereocenters. The Kier molecular flexibility index (Phi) is 8.10. The zero-order valence-corrected chi connectivity index (χ0v) is 21.6. The van der Waals surface area contributed by atoms with Crippen LogP contribution in [0.3, 0.4) is 0 Å². The first-order valence-electron chi connectivity index (χ1n) is 12.0. The number of hydrogen-bond donors (Lipinski definition) is 3. The van der Waals surface area contributed by atoms with E-state index in [9.17, 15) is 19.6 Å². The molecule has 4 N–H and O–H groups in total. The van der Waals surface area contributed by atoms with Crippen LogP contribution in [0.15, 0.2) is 29.3 Å². The third-order valence-corrected chi connectivity index (χ3v) is 9.63. The minimum atomic E-state index is -2.74. The number of anilines is 2. The molecule has 2 aliphatic rings. The van der Waals surface area contributed by atoms with Gasteiger partial charge in [-0.1, -0.05) is 19.1 Å². The van der Waals surface area contributed by atoms with E-state index in [2.05, 4.69) is 17.0 Å². The number of nitrogens with two attached hydrogens (primary N) is 1. The predicted molar refractivity (Wildman–Crippen MR) is 143 cm³/mol. The molecular weight excluding hydrogens is 480 g/mol. The van der Waals surface area contributed by atoms with Crippen LogP contribution in [0.5, 0.6) is 0 Å². The Morgan fingerprint density at radius 3 is 2.37 bits per heavy atom. The van der Waals surface area contributed by atoms with Crippen LogP contribution in [0.2, 0.25) is 0 Å². The number of nitriles is 2. The van der Waals surface area contributed by atoms with Crippen LogP contribution in [0.4, 0.5) is 11.5 Å². The Balaban J connectivity index is 1.57. The molecule has 0 bridgehead atoms. The maximum Gasteiger partial charge on any atom is 0.148 e. The van der Waals surface area contributed by atoms with Crippen molar-refractivity contribution in [2.45, 2.75) is 55.8 Å². The molecule has 2 fully saturated rings. The minimum absolute atomic E-state index is 0.172. The second kappa shape index (κ2) is 11.1. The number of rotatable bonds is 6. The smallest absolute Gasteiger partial charge is 0.148 e. The van der Waals surface area contributed by atoms with Gasteiger partial charge in [0.2, 0.25) is 0 Å². The van der Waals surface area contributed by atoms with Crippen molar-refractivity contribution < 1.29 is 9.11 Å². The highest BCUT2D eigenvalue weighted by Crippen LogP contribution is 2.49. The molecule has 2 aromatic rings. The largest absolute Gasteiger partial charge is 0.355 e. The Hall–Kier alpha value is -2.47. The predicted octanol–water partition coefficient (Wildman–Crippen LogP) is 4.87. The molecule has 10 heteroatoms. The van der Waals surface area contributed by atoms with E-state index < -0.39 is 10.8 Å². The highest BCUT2D eigenvalue weighted by Gasteiger charge is 2.27. The van der Waals surface area contributed by atoms with Gasteiger partial charge in [0.05, 0.1) is 22.6 Å². The highest BCUT2D eigenvalue weighted by molar-refractivity contribution is 8.25. The molecule has 0 aliphatic carbocycles. The summed E-state index contributed by atoms with van der Waals surface area (Å²) in [6.07, 6.45) is 4.06. The molecule has 8 nitrogen and oxygen atoms in total. The molecule has 3 heterocycles. The molecule has 35 heavy (non-hydrogen) atoms. The molecule has 186 valence electrons. The van der Waals surface area contributed by atoms with Gasteiger partial charge in [-0.25, -0.2) is 4.98 Å². The van der Waals surface area contributed by atoms with Gasteiger partial charge in [-0.05, 0) is 55.4 Å². The second-order valence-electron chi connectivity index (χ2n) is 8.97. The SMILES string of the molecule is CCc1c(C#N)c(SCc2ccc(N3CCCCS3(O)O)cc2)nc(N2CCC(N)CC2)c1C#N. The summed E-state index contributed by atoms with van der Waals surface area (Å²) >= 11 is 1.49. The number of hydrogen-bond acceptors (Lipinski definition) is 9. The summed E-state index contributed by atoms with van der Waals surface area (Å²) in [6, 6.07) is 12.6. The van der Waals surface area contributed by atoms with Crippen molar-refractivity contribution in [3.8, 4) is 12.1 Å². The number of piperidine rings is 1. The van der Waals surface area contributed by atoms with Gasteiger partial charge in [0.25, 0.3) is 0 Å². The summed E-state index contributed by atoms with van der Waals surface area (Å²) in [4.78, 5) is 6.95. The van der Waals surface area contributed by atoms with Gasteiger partial charge in [-0.2, -0.15) is 10.5 Å². The van der Waals surface area contributed by atoms with Gasteiger partial charge in [0.15, 0.2) is 0 Å². The Morgan fingerprint density at radius 1 is 1.09 bits per heavy atom. The van der Waals surface area contributed by atoms with E-state index in [1.54, 1.807) is 4.31 Å². The van der Waals surface area contributed by atoms with Crippen LogP contribution in [0.1, 0.15) is 54.9 Å². The zero-order valence-electron chi connectivity index (χ0n) is 20.0. The van der Waals surface area contributed by atoms with Crippen molar-refractivity contribution >= 4 is 34.0 Å². The van der Waals surface area contributed by atoms with Gasteiger partial charge in [-0.15, -0.1) is 22.5 Å². The van der Waals surface area contributed by atoms with Crippen LogP contribution in [-0.2, 0) is 12.2 Å². The third kappa shape index (κ3) is 5.53. The molecule has 2 aliphatic heterocycles. The van der Waals surface area contributed by atoms with Gasteiger partial charge in [0.1, 0.15) is 23.0 Å². The molecule has 0 saturated carbocycles. The summed E-state index contributed by atoms with van der Waals surface area (Å²) in [7, 11) is -2.74. The summed E-state index contributed by atoms with van der Waals surface area (Å²) in [6.45, 7) is 4.10. The molecule has 1 aromatic carbocycles. The maximum atomic E-state index is 10.4. The topological polar surface area (TPSA) is 133 Å². The lowest BCUT2D eigenvalue weighted by Gasteiger charge is -2.47. The second-order valence-corrected chi connectivity index (χ2v) is 12.0. The first-order valence-corrected chi connectivity index (χ1v) is 14.7. The van der Waals surface area contributed by atoms with E-state index in [1.165, 1.54) is 11.8 Å². The first-order chi connectivity index (χ1) is 16.9. The zero-order chi connectivity index (χ0) is 25.0. The maximum absolute atomic E-state index is 10.4. The number of nitrogens with zero attached hydrogens (tertiary/aromatic N) is 5. The number of pyridine rings is 1. The van der Waals surface area contributed by atoms with E-state index in [0.29, 0.717) is 46.4 Å². The molecule has 0 radical (unpaired) electrons. The first kappa shape index (κ1) is 25.6. The van der Waals surface area contributed by atoms with E-state index in [1.807, 2.05) is 31.2 Å². The Labute approximate surface area is 213 Å². The monoisotopic (exact) mass is 512 g/mol. The highest BCUT2D eigenvalue weighted by atomic mass is 32.3. The lowest BCUT2D eigenvalue weighted by molar-refractivity contribution is 0.467. The fourth-order valence-electron chi connectivity index (χ4n) is 4.64. The summed E-state index contributed by atoms with van der Waals surface area (Å²) in [5.41, 5.74) is 9.66. The van der Waals surface area contributed by atoms with Crippen LogP contribution in [-0.4, -0.2) is 45.5 Å². The van der Waals surface area contributed by atoms with Crippen molar-refractivity contribution in [2.75, 3.05) is 34.6 Å². The fourth-order valence-corrected chi connectivity index (χ4v) is 7.30. The molecule has 0 amide bonds.